The third-order valence-corrected chi connectivity index (χ3v) is 9.03. The summed E-state index contributed by atoms with van der Waals surface area (Å²) in [6.07, 6.45) is 1.89. The van der Waals surface area contributed by atoms with Gasteiger partial charge in [-0.3, -0.25) is 0 Å². The monoisotopic (exact) mass is 806 g/mol. The van der Waals surface area contributed by atoms with Crippen LogP contribution in [0.2, 0.25) is 0 Å². The predicted octanol–water partition coefficient (Wildman–Crippen LogP) is 10.5. The van der Waals surface area contributed by atoms with E-state index in [1.165, 1.54) is 5.56 Å². The van der Waals surface area contributed by atoms with Crippen LogP contribution < -0.4 is 14.5 Å². The summed E-state index contributed by atoms with van der Waals surface area (Å²) in [5.74, 6) is 2.06. The quantitative estimate of drug-likeness (QED) is 0.166. The third kappa shape index (κ3) is 4.78. The molecule has 48 heavy (non-hydrogen) atoms. The van der Waals surface area contributed by atoms with Crippen molar-refractivity contribution >= 4 is 60.8 Å². The molecule has 0 saturated heterocycles. The molecule has 0 amide bonds. The van der Waals surface area contributed by atoms with Crippen LogP contribution in [0.25, 0.3) is 49.6 Å². The number of aromatic nitrogens is 2. The number of para-hydroxylation sites is 2. The van der Waals surface area contributed by atoms with E-state index in [2.05, 4.69) is 115 Å². The van der Waals surface area contributed by atoms with Crippen molar-refractivity contribution in [3.8, 4) is 17.3 Å². The molecule has 0 fully saturated rings. The number of pyridine rings is 1. The Bertz CT molecular complexity index is 2510. The van der Waals surface area contributed by atoms with Crippen molar-refractivity contribution in [2.75, 3.05) is 16.8 Å². The van der Waals surface area contributed by atoms with E-state index < -0.39 is 0 Å². The van der Waals surface area contributed by atoms with Crippen LogP contribution in [-0.4, -0.2) is 16.6 Å². The number of hydrogen-bond donors (Lipinski definition) is 0. The SMILES string of the molecule is CN1[CH-]N(c2[c-]c(Oc3[c-]c4c(cc3)c3ccccc3n4-c3cc(C(C)(C)C)ccn3)ccc2)c2ccc3c(oc4ccccc43)c21.[Pt]. The first kappa shape index (κ1) is 30.3. The van der Waals surface area contributed by atoms with Gasteiger partial charge in [0.25, 0.3) is 0 Å². The molecule has 5 aromatic carbocycles. The van der Waals surface area contributed by atoms with Gasteiger partial charge in [0.05, 0.1) is 5.69 Å². The second-order valence-electron chi connectivity index (χ2n) is 13.1. The normalized spacial score (nSPS) is 13.1. The Morgan fingerprint density at radius 3 is 2.40 bits per heavy atom. The summed E-state index contributed by atoms with van der Waals surface area (Å²) in [7, 11) is 2.04. The van der Waals surface area contributed by atoms with Crippen LogP contribution in [0.3, 0.4) is 0 Å². The van der Waals surface area contributed by atoms with Crippen LogP contribution in [0.4, 0.5) is 17.1 Å². The fourth-order valence-corrected chi connectivity index (χ4v) is 6.72. The number of ether oxygens (including phenoxy) is 1. The van der Waals surface area contributed by atoms with Crippen molar-refractivity contribution in [1.29, 1.82) is 0 Å². The number of anilines is 3. The maximum Gasteiger partial charge on any atom is 0.158 e. The van der Waals surface area contributed by atoms with Crippen molar-refractivity contribution in [2.45, 2.75) is 26.2 Å². The largest absolute Gasteiger partial charge is 0.509 e. The van der Waals surface area contributed by atoms with Crippen LogP contribution in [0.5, 0.6) is 11.5 Å². The molecular weight excluding hydrogens is 776 g/mol. The van der Waals surface area contributed by atoms with Gasteiger partial charge in [0.1, 0.15) is 11.4 Å². The van der Waals surface area contributed by atoms with Crippen LogP contribution in [0.15, 0.2) is 114 Å². The van der Waals surface area contributed by atoms with Gasteiger partial charge in [0.2, 0.25) is 0 Å². The molecule has 0 aliphatic carbocycles. The van der Waals surface area contributed by atoms with Crippen molar-refractivity contribution in [3.63, 3.8) is 0 Å². The molecule has 6 nitrogen and oxygen atoms in total. The number of benzene rings is 5. The zero-order valence-corrected chi connectivity index (χ0v) is 29.2. The van der Waals surface area contributed by atoms with Crippen molar-refractivity contribution in [1.82, 2.24) is 9.55 Å². The zero-order chi connectivity index (χ0) is 31.9. The standard InChI is InChI=1S/C41H31N4O2.Pt/c1-41(2,3)26-20-21-42-38(22-26)45-34-14-7-5-12-30(34)31-17-16-29(24-36(31)45)46-28-11-9-10-27(23-28)44-25-43(4)39-35(44)19-18-33-32-13-6-8-15-37(32)47-40(33)39;/h5-22,25H,1-4H3;/q-3;. The summed E-state index contributed by atoms with van der Waals surface area (Å²) in [5, 5.41) is 4.46. The molecule has 0 atom stereocenters. The molecule has 9 rings (SSSR count). The molecule has 0 bridgehead atoms. The summed E-state index contributed by atoms with van der Waals surface area (Å²) in [6.45, 7) is 8.71. The molecule has 0 saturated carbocycles. The van der Waals surface area contributed by atoms with Crippen molar-refractivity contribution in [2.24, 2.45) is 0 Å². The van der Waals surface area contributed by atoms with Gasteiger partial charge in [-0.15, -0.1) is 41.4 Å². The summed E-state index contributed by atoms with van der Waals surface area (Å²) in [6, 6.07) is 42.2. The Morgan fingerprint density at radius 2 is 1.54 bits per heavy atom. The molecule has 0 spiro atoms. The van der Waals surface area contributed by atoms with E-state index in [1.807, 2.05) is 55.7 Å². The van der Waals surface area contributed by atoms with Gasteiger partial charge in [-0.1, -0.05) is 62.7 Å². The fraction of sp³-hybridized carbons (Fsp3) is 0.122. The van der Waals surface area contributed by atoms with E-state index in [4.69, 9.17) is 14.1 Å². The molecule has 4 heterocycles. The van der Waals surface area contributed by atoms with Gasteiger partial charge in [-0.2, -0.15) is 18.8 Å². The van der Waals surface area contributed by atoms with Crippen LogP contribution in [0, 0.1) is 18.8 Å². The van der Waals surface area contributed by atoms with Crippen LogP contribution >= 0.6 is 0 Å². The van der Waals surface area contributed by atoms with E-state index in [-0.39, 0.29) is 26.5 Å². The van der Waals surface area contributed by atoms with E-state index in [1.54, 1.807) is 0 Å². The Kier molecular flexibility index (Phi) is 7.12. The molecule has 1 aliphatic rings. The van der Waals surface area contributed by atoms with Crippen LogP contribution in [-0.2, 0) is 26.5 Å². The first-order chi connectivity index (χ1) is 22.8. The second kappa shape index (κ2) is 11.3. The molecule has 7 heteroatoms. The average molecular weight is 807 g/mol. The Balaban J connectivity index is 0.00000336. The Labute approximate surface area is 293 Å². The van der Waals surface area contributed by atoms with E-state index in [9.17, 15) is 0 Å². The molecule has 0 radical (unpaired) electrons. The van der Waals surface area contributed by atoms with Gasteiger partial charge in [-0.05, 0) is 59.8 Å². The number of hydrogen-bond acceptors (Lipinski definition) is 5. The topological polar surface area (TPSA) is 46.7 Å². The molecule has 8 aromatic rings. The number of nitrogens with zero attached hydrogens (tertiary/aromatic N) is 4. The summed E-state index contributed by atoms with van der Waals surface area (Å²) in [5.41, 5.74) is 7.87. The molecule has 0 N–H and O–H groups in total. The second-order valence-corrected chi connectivity index (χ2v) is 13.1. The summed E-state index contributed by atoms with van der Waals surface area (Å²) < 4.78 is 15.0. The molecule has 3 aromatic heterocycles. The van der Waals surface area contributed by atoms with E-state index in [0.717, 1.165) is 66.6 Å². The van der Waals surface area contributed by atoms with Gasteiger partial charge >= 0.3 is 0 Å². The number of furan rings is 1. The van der Waals surface area contributed by atoms with Crippen molar-refractivity contribution in [3.05, 3.63) is 134 Å². The Hall–Kier alpha value is -5.06. The third-order valence-electron chi connectivity index (χ3n) is 9.03. The van der Waals surface area contributed by atoms with Gasteiger partial charge < -0.3 is 23.5 Å². The predicted molar refractivity (Wildman–Crippen MR) is 190 cm³/mol. The smallest absolute Gasteiger partial charge is 0.158 e. The summed E-state index contributed by atoms with van der Waals surface area (Å²) >= 11 is 0. The minimum absolute atomic E-state index is 0. The number of fused-ring (bicyclic) bond motifs is 8. The average Bonchev–Trinajstić information content (AvgIpc) is 3.73. The number of rotatable bonds is 4. The first-order valence-electron chi connectivity index (χ1n) is 15.8. The molecule has 0 unspecified atom stereocenters. The van der Waals surface area contributed by atoms with Gasteiger partial charge in [0.15, 0.2) is 5.58 Å². The van der Waals surface area contributed by atoms with Gasteiger partial charge in [-0.25, -0.2) is 4.98 Å². The zero-order valence-electron chi connectivity index (χ0n) is 26.9. The first-order valence-corrected chi connectivity index (χ1v) is 15.8. The molecule has 240 valence electrons. The van der Waals surface area contributed by atoms with Gasteiger partial charge in [0, 0.05) is 60.7 Å². The van der Waals surface area contributed by atoms with Crippen molar-refractivity contribution < 1.29 is 30.2 Å². The molecule has 1 aliphatic heterocycles. The maximum atomic E-state index is 6.46. The maximum absolute atomic E-state index is 6.46. The minimum atomic E-state index is -0.00452. The molecular formula is C41H31N4O2Pt-3. The Morgan fingerprint density at radius 1 is 0.771 bits per heavy atom. The van der Waals surface area contributed by atoms with E-state index >= 15 is 0 Å². The van der Waals surface area contributed by atoms with E-state index in [0.29, 0.717) is 11.5 Å². The minimum Gasteiger partial charge on any atom is -0.509 e. The fourth-order valence-electron chi connectivity index (χ4n) is 6.72. The summed E-state index contributed by atoms with van der Waals surface area (Å²) in [4.78, 5) is 9.02. The van der Waals surface area contributed by atoms with Crippen LogP contribution in [0.1, 0.15) is 26.3 Å².